The smallest absolute Gasteiger partial charge is 0.236 e. The Labute approximate surface area is 151 Å². The third-order valence-corrected chi connectivity index (χ3v) is 6.76. The van der Waals surface area contributed by atoms with Crippen LogP contribution in [0.25, 0.3) is 0 Å². The van der Waals surface area contributed by atoms with E-state index in [0.717, 1.165) is 43.1 Å². The molecular weight excluding hydrogens is 336 g/mol. The molecule has 6 nitrogen and oxygen atoms in total. The van der Waals surface area contributed by atoms with Crippen LogP contribution in [0.15, 0.2) is 29.3 Å². The molecule has 1 N–H and O–H groups in total. The summed E-state index contributed by atoms with van der Waals surface area (Å²) in [6.45, 7) is 5.12. The molecule has 1 atom stereocenters. The molecule has 0 bridgehead atoms. The minimum Gasteiger partial charge on any atom is -0.355 e. The van der Waals surface area contributed by atoms with Crippen molar-refractivity contribution in [1.29, 1.82) is 0 Å². The van der Waals surface area contributed by atoms with Gasteiger partial charge in [0.1, 0.15) is 0 Å². The Balaban J connectivity index is 1.58. The average Bonchev–Trinajstić information content (AvgIpc) is 3.04. The van der Waals surface area contributed by atoms with Gasteiger partial charge in [-0.2, -0.15) is 0 Å². The van der Waals surface area contributed by atoms with Crippen LogP contribution < -0.4 is 9.62 Å². The van der Waals surface area contributed by atoms with Gasteiger partial charge in [0.15, 0.2) is 5.96 Å². The fourth-order valence-electron chi connectivity index (χ4n) is 3.71. The highest BCUT2D eigenvalue weighted by Crippen LogP contribution is 2.29. The second-order valence-electron chi connectivity index (χ2n) is 6.93. The van der Waals surface area contributed by atoms with Crippen molar-refractivity contribution >= 4 is 21.7 Å². The number of sulfonamides is 1. The number of hydrogen-bond donors (Lipinski definition) is 1. The molecule has 1 aromatic rings. The van der Waals surface area contributed by atoms with E-state index in [4.69, 9.17) is 0 Å². The van der Waals surface area contributed by atoms with E-state index in [1.165, 1.54) is 6.42 Å². The maximum atomic E-state index is 12.7. The van der Waals surface area contributed by atoms with Crippen LogP contribution in [-0.2, 0) is 16.4 Å². The number of anilines is 1. The SMILES string of the molecule is CN=C(NCCS(=O)(=O)N1CCc2ccccc21)N1CCCC(C)C1. The Bertz CT molecular complexity index is 732. The summed E-state index contributed by atoms with van der Waals surface area (Å²) in [6.07, 6.45) is 3.19. The summed E-state index contributed by atoms with van der Waals surface area (Å²) in [6, 6.07) is 7.74. The van der Waals surface area contributed by atoms with E-state index in [1.54, 1.807) is 11.4 Å². The van der Waals surface area contributed by atoms with Crippen LogP contribution in [0.1, 0.15) is 25.3 Å². The summed E-state index contributed by atoms with van der Waals surface area (Å²) in [5.74, 6) is 1.53. The van der Waals surface area contributed by atoms with Gasteiger partial charge in [0.25, 0.3) is 0 Å². The van der Waals surface area contributed by atoms with Gasteiger partial charge in [-0.15, -0.1) is 0 Å². The molecule has 1 saturated heterocycles. The van der Waals surface area contributed by atoms with E-state index in [1.807, 2.05) is 24.3 Å². The molecule has 0 saturated carbocycles. The predicted octanol–water partition coefficient (Wildman–Crippen LogP) is 1.69. The summed E-state index contributed by atoms with van der Waals surface area (Å²) in [7, 11) is -1.56. The monoisotopic (exact) mass is 364 g/mol. The fraction of sp³-hybridized carbons (Fsp3) is 0.611. The molecule has 2 heterocycles. The molecule has 2 aliphatic rings. The number of para-hydroxylation sites is 1. The van der Waals surface area contributed by atoms with Gasteiger partial charge in [-0.05, 0) is 36.8 Å². The van der Waals surface area contributed by atoms with Crippen LogP contribution in [0.2, 0.25) is 0 Å². The van der Waals surface area contributed by atoms with Gasteiger partial charge in [-0.25, -0.2) is 8.42 Å². The van der Waals surface area contributed by atoms with Crippen LogP contribution in [-0.4, -0.2) is 58.3 Å². The number of fused-ring (bicyclic) bond motifs is 1. The van der Waals surface area contributed by atoms with Crippen molar-refractivity contribution in [2.24, 2.45) is 10.9 Å². The Morgan fingerprint density at radius 1 is 1.32 bits per heavy atom. The van der Waals surface area contributed by atoms with Crippen molar-refractivity contribution in [3.63, 3.8) is 0 Å². The van der Waals surface area contributed by atoms with Crippen molar-refractivity contribution in [3.05, 3.63) is 29.8 Å². The van der Waals surface area contributed by atoms with Crippen molar-refractivity contribution in [1.82, 2.24) is 10.2 Å². The van der Waals surface area contributed by atoms with Crippen LogP contribution in [0.5, 0.6) is 0 Å². The highest BCUT2D eigenvalue weighted by Gasteiger charge is 2.29. The predicted molar refractivity (Wildman–Crippen MR) is 103 cm³/mol. The van der Waals surface area contributed by atoms with Gasteiger partial charge < -0.3 is 10.2 Å². The van der Waals surface area contributed by atoms with Crippen molar-refractivity contribution in [2.75, 3.05) is 43.3 Å². The number of nitrogens with one attached hydrogen (secondary N) is 1. The van der Waals surface area contributed by atoms with E-state index < -0.39 is 10.0 Å². The van der Waals surface area contributed by atoms with E-state index in [9.17, 15) is 8.42 Å². The van der Waals surface area contributed by atoms with E-state index in [2.05, 4.69) is 22.1 Å². The van der Waals surface area contributed by atoms with Crippen LogP contribution in [0.4, 0.5) is 5.69 Å². The standard InChI is InChI=1S/C18H28N4O2S/c1-15-6-5-11-21(14-15)18(19-2)20-10-13-25(23,24)22-12-9-16-7-3-4-8-17(16)22/h3-4,7-8,15H,5-6,9-14H2,1-2H3,(H,19,20). The Hall–Kier alpha value is -1.76. The van der Waals surface area contributed by atoms with Gasteiger partial charge in [0, 0.05) is 33.2 Å². The number of rotatable bonds is 4. The summed E-state index contributed by atoms with van der Waals surface area (Å²) in [5.41, 5.74) is 1.94. The van der Waals surface area contributed by atoms with Crippen LogP contribution in [0, 0.1) is 5.92 Å². The van der Waals surface area contributed by atoms with Crippen LogP contribution >= 0.6 is 0 Å². The lowest BCUT2D eigenvalue weighted by Crippen LogP contribution is -2.47. The summed E-state index contributed by atoms with van der Waals surface area (Å²) in [4.78, 5) is 6.55. The number of piperidine rings is 1. The van der Waals surface area contributed by atoms with E-state index in [-0.39, 0.29) is 5.75 Å². The molecule has 1 unspecified atom stereocenters. The third kappa shape index (κ3) is 4.08. The molecule has 0 aromatic heterocycles. The molecule has 25 heavy (non-hydrogen) atoms. The number of guanidine groups is 1. The number of aliphatic imine (C=N–C) groups is 1. The topological polar surface area (TPSA) is 65.0 Å². The molecule has 2 aliphatic heterocycles. The number of likely N-dealkylation sites (tertiary alicyclic amines) is 1. The molecule has 3 rings (SSSR count). The summed E-state index contributed by atoms with van der Waals surface area (Å²) in [5, 5.41) is 3.23. The first-order chi connectivity index (χ1) is 12.0. The molecule has 138 valence electrons. The zero-order valence-electron chi connectivity index (χ0n) is 15.1. The molecule has 0 radical (unpaired) electrons. The quantitative estimate of drug-likeness (QED) is 0.652. The van der Waals surface area contributed by atoms with Crippen molar-refractivity contribution in [3.8, 4) is 0 Å². The van der Waals surface area contributed by atoms with Crippen molar-refractivity contribution in [2.45, 2.75) is 26.2 Å². The lowest BCUT2D eigenvalue weighted by atomic mass is 10.0. The molecule has 7 heteroatoms. The normalized spacial score (nSPS) is 21.4. The van der Waals surface area contributed by atoms with E-state index in [0.29, 0.717) is 19.0 Å². The first-order valence-corrected chi connectivity index (χ1v) is 10.7. The molecule has 1 fully saturated rings. The third-order valence-electron chi connectivity index (χ3n) is 4.99. The zero-order chi connectivity index (χ0) is 17.9. The highest BCUT2D eigenvalue weighted by atomic mass is 32.2. The minimum absolute atomic E-state index is 0.0732. The Kier molecular flexibility index (Phi) is 5.51. The second-order valence-corrected chi connectivity index (χ2v) is 8.95. The zero-order valence-corrected chi connectivity index (χ0v) is 15.9. The lowest BCUT2D eigenvalue weighted by molar-refractivity contribution is 0.266. The van der Waals surface area contributed by atoms with Gasteiger partial charge in [-0.1, -0.05) is 25.1 Å². The van der Waals surface area contributed by atoms with Gasteiger partial charge in [0.2, 0.25) is 10.0 Å². The highest BCUT2D eigenvalue weighted by molar-refractivity contribution is 7.92. The summed E-state index contributed by atoms with van der Waals surface area (Å²) < 4.78 is 27.0. The molecule has 0 aliphatic carbocycles. The molecular formula is C18H28N4O2S. The number of benzene rings is 1. The number of hydrogen-bond acceptors (Lipinski definition) is 3. The first kappa shape index (κ1) is 18.0. The summed E-state index contributed by atoms with van der Waals surface area (Å²) >= 11 is 0. The van der Waals surface area contributed by atoms with E-state index >= 15 is 0 Å². The maximum Gasteiger partial charge on any atom is 0.236 e. The van der Waals surface area contributed by atoms with Gasteiger partial charge in [0.05, 0.1) is 11.4 Å². The maximum absolute atomic E-state index is 12.7. The average molecular weight is 365 g/mol. The molecule has 0 amide bonds. The van der Waals surface area contributed by atoms with Crippen LogP contribution in [0.3, 0.4) is 0 Å². The molecule has 1 aromatic carbocycles. The first-order valence-electron chi connectivity index (χ1n) is 9.05. The van der Waals surface area contributed by atoms with Crippen molar-refractivity contribution < 1.29 is 8.42 Å². The fourth-order valence-corrected chi connectivity index (χ4v) is 5.14. The second kappa shape index (κ2) is 7.64. The van der Waals surface area contributed by atoms with Gasteiger partial charge >= 0.3 is 0 Å². The minimum atomic E-state index is -3.32. The largest absolute Gasteiger partial charge is 0.355 e. The molecule has 0 spiro atoms. The lowest BCUT2D eigenvalue weighted by Gasteiger charge is -2.33. The Morgan fingerprint density at radius 3 is 2.88 bits per heavy atom. The number of nitrogens with zero attached hydrogens (tertiary/aromatic N) is 3. The van der Waals surface area contributed by atoms with Gasteiger partial charge in [-0.3, -0.25) is 9.30 Å². The Morgan fingerprint density at radius 2 is 2.12 bits per heavy atom.